The average molecular weight is 314 g/mol. The predicted octanol–water partition coefficient (Wildman–Crippen LogP) is 2.08. The number of rotatable bonds is 2. The Morgan fingerprint density at radius 3 is 2.86 bits per heavy atom. The van der Waals surface area contributed by atoms with Crippen molar-refractivity contribution in [1.82, 2.24) is 4.98 Å². The first-order chi connectivity index (χ1) is 10.4. The van der Waals surface area contributed by atoms with Crippen molar-refractivity contribution in [1.29, 1.82) is 0 Å². The number of alkyl halides is 3. The first kappa shape index (κ1) is 14.3. The van der Waals surface area contributed by atoms with Gasteiger partial charge in [-0.2, -0.15) is 13.2 Å². The maximum Gasteiger partial charge on any atom is 0.417 e. The zero-order chi connectivity index (χ0) is 15.5. The van der Waals surface area contributed by atoms with Crippen LogP contribution in [0.25, 0.3) is 0 Å². The van der Waals surface area contributed by atoms with E-state index in [0.717, 1.165) is 25.1 Å². The molecule has 0 unspecified atom stereocenters. The van der Waals surface area contributed by atoms with Gasteiger partial charge in [0.1, 0.15) is 5.82 Å². The lowest BCUT2D eigenvalue weighted by atomic mass is 9.74. The molecule has 3 fully saturated rings. The van der Waals surface area contributed by atoms with E-state index in [0.29, 0.717) is 18.9 Å². The standard InChI is InChI=1S/C15H17F3N2O2/c16-15(17,18)9-1-2-13(19-5-9)20-6-11-10(7-21)12-3-4-14(11,8-20)22-12/h1-2,5,10-12,21H,3-4,6-8H2/t10-,11+,12+,14+/m0/s1. The Balaban J connectivity index is 1.56. The molecular weight excluding hydrogens is 297 g/mol. The SMILES string of the molecule is OC[C@H]1[C@H]2CN(c3ccc(C(F)(F)F)cn3)C[C@]23CC[C@H]1O3. The number of nitrogens with zero attached hydrogens (tertiary/aromatic N) is 2. The summed E-state index contributed by atoms with van der Waals surface area (Å²) in [7, 11) is 0. The fourth-order valence-corrected chi connectivity index (χ4v) is 4.35. The van der Waals surface area contributed by atoms with Gasteiger partial charge in [-0.05, 0) is 25.0 Å². The molecule has 4 rings (SSSR count). The molecule has 7 heteroatoms. The normalized spacial score (nSPS) is 36.9. The Bertz CT molecular complexity index is 577. The van der Waals surface area contributed by atoms with Crippen LogP contribution in [0.1, 0.15) is 18.4 Å². The molecule has 0 radical (unpaired) electrons. The lowest BCUT2D eigenvalue weighted by Crippen LogP contribution is -2.37. The summed E-state index contributed by atoms with van der Waals surface area (Å²) in [6.45, 7) is 1.43. The summed E-state index contributed by atoms with van der Waals surface area (Å²) in [5.74, 6) is 0.911. The minimum absolute atomic E-state index is 0.103. The molecule has 2 bridgehead atoms. The van der Waals surface area contributed by atoms with Crippen LogP contribution in [0.3, 0.4) is 0 Å². The van der Waals surface area contributed by atoms with Gasteiger partial charge in [-0.1, -0.05) is 0 Å². The Kier molecular flexibility index (Phi) is 2.97. The zero-order valence-corrected chi connectivity index (χ0v) is 11.9. The summed E-state index contributed by atoms with van der Waals surface area (Å²) in [4.78, 5) is 5.95. The van der Waals surface area contributed by atoms with Crippen LogP contribution in [0, 0.1) is 11.8 Å². The third kappa shape index (κ3) is 1.95. The van der Waals surface area contributed by atoms with Crippen LogP contribution in [0.2, 0.25) is 0 Å². The molecule has 120 valence electrons. The minimum atomic E-state index is -4.37. The third-order valence-corrected chi connectivity index (χ3v) is 5.39. The molecule has 3 saturated heterocycles. The van der Waals surface area contributed by atoms with Gasteiger partial charge in [0.05, 0.1) is 17.3 Å². The Labute approximate surface area is 125 Å². The van der Waals surface area contributed by atoms with Gasteiger partial charge in [0.25, 0.3) is 0 Å². The highest BCUT2D eigenvalue weighted by atomic mass is 19.4. The van der Waals surface area contributed by atoms with Gasteiger partial charge >= 0.3 is 6.18 Å². The van der Waals surface area contributed by atoms with Crippen LogP contribution in [0.4, 0.5) is 19.0 Å². The summed E-state index contributed by atoms with van der Waals surface area (Å²) in [5.41, 5.74) is -0.984. The van der Waals surface area contributed by atoms with Crippen molar-refractivity contribution < 1.29 is 23.0 Å². The first-order valence-electron chi connectivity index (χ1n) is 7.50. The van der Waals surface area contributed by atoms with E-state index >= 15 is 0 Å². The molecule has 1 aromatic rings. The van der Waals surface area contributed by atoms with Crippen molar-refractivity contribution in [3.05, 3.63) is 23.9 Å². The summed E-state index contributed by atoms with van der Waals surface area (Å²) >= 11 is 0. The fourth-order valence-electron chi connectivity index (χ4n) is 4.35. The fraction of sp³-hybridized carbons (Fsp3) is 0.667. The van der Waals surface area contributed by atoms with E-state index in [1.807, 2.05) is 4.90 Å². The second-order valence-electron chi connectivity index (χ2n) is 6.50. The quantitative estimate of drug-likeness (QED) is 0.908. The Hall–Kier alpha value is -1.34. The molecule has 1 N–H and O–H groups in total. The van der Waals surface area contributed by atoms with E-state index < -0.39 is 11.7 Å². The van der Waals surface area contributed by atoms with Gasteiger partial charge in [0.2, 0.25) is 0 Å². The van der Waals surface area contributed by atoms with Crippen LogP contribution in [-0.4, -0.2) is 41.5 Å². The van der Waals surface area contributed by atoms with Gasteiger partial charge in [-0.3, -0.25) is 0 Å². The van der Waals surface area contributed by atoms with Crippen molar-refractivity contribution in [2.45, 2.75) is 30.7 Å². The van der Waals surface area contributed by atoms with Crippen LogP contribution in [0.15, 0.2) is 18.3 Å². The topological polar surface area (TPSA) is 45.6 Å². The van der Waals surface area contributed by atoms with Crippen molar-refractivity contribution in [2.75, 3.05) is 24.6 Å². The van der Waals surface area contributed by atoms with Gasteiger partial charge < -0.3 is 14.7 Å². The van der Waals surface area contributed by atoms with Gasteiger partial charge in [0, 0.05) is 37.7 Å². The van der Waals surface area contributed by atoms with Crippen LogP contribution in [0.5, 0.6) is 0 Å². The highest BCUT2D eigenvalue weighted by Gasteiger charge is 2.62. The molecule has 4 heterocycles. The summed E-state index contributed by atoms with van der Waals surface area (Å²) in [6.07, 6.45) is -1.44. The first-order valence-corrected chi connectivity index (χ1v) is 7.50. The molecule has 3 aliphatic rings. The van der Waals surface area contributed by atoms with Gasteiger partial charge in [-0.25, -0.2) is 4.98 Å². The van der Waals surface area contributed by atoms with Gasteiger partial charge in [0.15, 0.2) is 0 Å². The molecule has 22 heavy (non-hydrogen) atoms. The predicted molar refractivity (Wildman–Crippen MR) is 72.4 cm³/mol. The van der Waals surface area contributed by atoms with E-state index in [1.54, 1.807) is 0 Å². The second kappa shape index (κ2) is 4.58. The smallest absolute Gasteiger partial charge is 0.396 e. The molecule has 1 spiro atoms. The number of anilines is 1. The molecule has 0 saturated carbocycles. The Morgan fingerprint density at radius 2 is 2.23 bits per heavy atom. The Morgan fingerprint density at radius 1 is 1.41 bits per heavy atom. The minimum Gasteiger partial charge on any atom is -0.396 e. The summed E-state index contributed by atoms with van der Waals surface area (Å²) in [6, 6.07) is 2.48. The van der Waals surface area contributed by atoms with Crippen molar-refractivity contribution in [3.8, 4) is 0 Å². The molecule has 4 nitrogen and oxygen atoms in total. The number of ether oxygens (including phenoxy) is 1. The number of halogens is 3. The number of aromatic nitrogens is 1. The average Bonchev–Trinajstić information content (AvgIpc) is 3.13. The zero-order valence-electron chi connectivity index (χ0n) is 11.9. The lowest BCUT2D eigenvalue weighted by Gasteiger charge is -2.27. The van der Waals surface area contributed by atoms with Crippen molar-refractivity contribution in [2.24, 2.45) is 11.8 Å². The molecule has 0 aromatic carbocycles. The number of hydrogen-bond donors (Lipinski definition) is 1. The number of fused-ring (bicyclic) bond motifs is 1. The number of aliphatic hydroxyl groups is 1. The monoisotopic (exact) mass is 314 g/mol. The van der Waals surface area contributed by atoms with Crippen LogP contribution < -0.4 is 4.90 Å². The van der Waals surface area contributed by atoms with E-state index in [4.69, 9.17) is 4.74 Å². The number of hydrogen-bond acceptors (Lipinski definition) is 4. The molecule has 1 aromatic heterocycles. The van der Waals surface area contributed by atoms with Gasteiger partial charge in [-0.15, -0.1) is 0 Å². The third-order valence-electron chi connectivity index (χ3n) is 5.39. The summed E-state index contributed by atoms with van der Waals surface area (Å²) < 4.78 is 43.9. The molecule has 0 aliphatic carbocycles. The molecule has 0 amide bonds. The van der Waals surface area contributed by atoms with Crippen molar-refractivity contribution >= 4 is 5.82 Å². The molecule has 3 aliphatic heterocycles. The summed E-state index contributed by atoms with van der Waals surface area (Å²) in [5, 5.41) is 9.58. The lowest BCUT2D eigenvalue weighted by molar-refractivity contribution is -0.137. The maximum absolute atomic E-state index is 12.6. The van der Waals surface area contributed by atoms with E-state index in [1.165, 1.54) is 6.07 Å². The van der Waals surface area contributed by atoms with E-state index in [2.05, 4.69) is 4.98 Å². The highest BCUT2D eigenvalue weighted by Crippen LogP contribution is 2.55. The van der Waals surface area contributed by atoms with Crippen LogP contribution in [-0.2, 0) is 10.9 Å². The van der Waals surface area contributed by atoms with Crippen LogP contribution >= 0.6 is 0 Å². The van der Waals surface area contributed by atoms with Crippen molar-refractivity contribution in [3.63, 3.8) is 0 Å². The molecule has 4 atom stereocenters. The number of pyridine rings is 1. The largest absolute Gasteiger partial charge is 0.417 e. The highest BCUT2D eigenvalue weighted by molar-refractivity contribution is 5.43. The second-order valence-corrected chi connectivity index (χ2v) is 6.50. The number of aliphatic hydroxyl groups excluding tert-OH is 1. The molecular formula is C15H17F3N2O2. The maximum atomic E-state index is 12.6. The van der Waals surface area contributed by atoms with E-state index in [-0.39, 0.29) is 30.1 Å². The van der Waals surface area contributed by atoms with E-state index in [9.17, 15) is 18.3 Å².